The lowest BCUT2D eigenvalue weighted by Crippen LogP contribution is -2.48. The number of para-hydroxylation sites is 1. The number of aliphatic hydroxyl groups excluding tert-OH is 2. The van der Waals surface area contributed by atoms with Crippen molar-refractivity contribution in [1.82, 2.24) is 15.4 Å². The lowest BCUT2D eigenvalue weighted by molar-refractivity contribution is -0.206. The summed E-state index contributed by atoms with van der Waals surface area (Å²) < 4.78 is 0. The van der Waals surface area contributed by atoms with Crippen LogP contribution >= 0.6 is 0 Å². The molecule has 0 bridgehead atoms. The Morgan fingerprint density at radius 3 is 2.59 bits per heavy atom. The Bertz CT molecular complexity index is 1040. The van der Waals surface area contributed by atoms with Gasteiger partial charge in [-0.15, -0.1) is 0 Å². The van der Waals surface area contributed by atoms with E-state index in [1.165, 1.54) is 0 Å². The molecule has 7 nitrogen and oxygen atoms in total. The second kappa shape index (κ2) is 9.83. The summed E-state index contributed by atoms with van der Waals surface area (Å²) in [5, 5.41) is 26.1. The maximum Gasteiger partial charge on any atom is 0.240 e. The number of aromatic nitrogens is 1. The molecule has 4 N–H and O–H groups in total. The van der Waals surface area contributed by atoms with Gasteiger partial charge in [0, 0.05) is 29.6 Å². The molecule has 1 aromatic heterocycles. The Labute approximate surface area is 188 Å². The van der Waals surface area contributed by atoms with Gasteiger partial charge in [0.15, 0.2) is 0 Å². The van der Waals surface area contributed by atoms with E-state index in [0.717, 1.165) is 22.0 Å². The van der Waals surface area contributed by atoms with E-state index in [0.29, 0.717) is 13.0 Å². The van der Waals surface area contributed by atoms with Gasteiger partial charge >= 0.3 is 0 Å². The van der Waals surface area contributed by atoms with Crippen LogP contribution in [0.3, 0.4) is 0 Å². The second-order valence-corrected chi connectivity index (χ2v) is 8.45. The zero-order valence-corrected chi connectivity index (χ0v) is 18.4. The zero-order valence-electron chi connectivity index (χ0n) is 18.4. The summed E-state index contributed by atoms with van der Waals surface area (Å²) in [6.07, 6.45) is 1.18. The van der Waals surface area contributed by atoms with E-state index in [2.05, 4.69) is 16.4 Å². The first-order valence-corrected chi connectivity index (χ1v) is 11.1. The SMILES string of the molecule is C[C@H](O)[C@@H]1ON([C@H](C)c2ccccc2)[C@H](C(=O)NCCc2c[nH]c3ccccc23)[C@@H]1CO. The standard InChI is InChI=1S/C25H31N3O4/c1-16(18-8-4-3-5-9-18)28-23(21(15-29)24(32-28)17(2)30)25(31)26-13-12-19-14-27-22-11-7-6-10-20(19)22/h3-11,14,16-17,21,23-24,27,29-30H,12-13,15H2,1-2H3,(H,26,31)/t16-,17+,21+,23+,24+/m1/s1. The molecule has 0 unspecified atom stereocenters. The highest BCUT2D eigenvalue weighted by molar-refractivity contribution is 5.84. The molecule has 7 heteroatoms. The Balaban J connectivity index is 1.49. The van der Waals surface area contributed by atoms with Crippen molar-refractivity contribution in [3.8, 4) is 0 Å². The number of carbonyl (C=O) groups is 1. The Hall–Kier alpha value is -2.71. The number of H-pyrrole nitrogens is 1. The lowest BCUT2D eigenvalue weighted by atomic mass is 9.91. The monoisotopic (exact) mass is 437 g/mol. The number of aromatic amines is 1. The average Bonchev–Trinajstić information content (AvgIpc) is 3.41. The number of hydroxylamine groups is 2. The van der Waals surface area contributed by atoms with Crippen molar-refractivity contribution >= 4 is 16.8 Å². The number of amides is 1. The molecule has 3 aromatic rings. The largest absolute Gasteiger partial charge is 0.396 e. The Kier molecular flexibility index (Phi) is 6.91. The van der Waals surface area contributed by atoms with Gasteiger partial charge in [0.05, 0.1) is 18.8 Å². The van der Waals surface area contributed by atoms with Crippen LogP contribution in [0, 0.1) is 5.92 Å². The highest BCUT2D eigenvalue weighted by Gasteiger charge is 2.50. The van der Waals surface area contributed by atoms with Crippen LogP contribution in [0.15, 0.2) is 60.8 Å². The van der Waals surface area contributed by atoms with Crippen LogP contribution in [0.4, 0.5) is 0 Å². The molecule has 4 rings (SSSR count). The lowest BCUT2D eigenvalue weighted by Gasteiger charge is -2.29. The fourth-order valence-electron chi connectivity index (χ4n) is 4.59. The molecular formula is C25H31N3O4. The van der Waals surface area contributed by atoms with E-state index in [-0.39, 0.29) is 18.6 Å². The van der Waals surface area contributed by atoms with Crippen LogP contribution in [0.25, 0.3) is 10.9 Å². The first-order chi connectivity index (χ1) is 15.5. The molecule has 1 fully saturated rings. The van der Waals surface area contributed by atoms with Crippen LogP contribution in [0.2, 0.25) is 0 Å². The van der Waals surface area contributed by atoms with E-state index in [9.17, 15) is 15.0 Å². The Morgan fingerprint density at radius 1 is 1.16 bits per heavy atom. The van der Waals surface area contributed by atoms with E-state index in [1.807, 2.05) is 61.7 Å². The summed E-state index contributed by atoms with van der Waals surface area (Å²) in [4.78, 5) is 22.6. The minimum Gasteiger partial charge on any atom is -0.396 e. The summed E-state index contributed by atoms with van der Waals surface area (Å²) in [5.74, 6) is -0.746. The third-order valence-corrected chi connectivity index (χ3v) is 6.33. The molecule has 0 radical (unpaired) electrons. The molecule has 32 heavy (non-hydrogen) atoms. The summed E-state index contributed by atoms with van der Waals surface area (Å²) >= 11 is 0. The molecule has 1 aliphatic rings. The number of hydrogen-bond acceptors (Lipinski definition) is 5. The molecule has 2 heterocycles. The van der Waals surface area contributed by atoms with Crippen LogP contribution in [-0.2, 0) is 16.1 Å². The fraction of sp³-hybridized carbons (Fsp3) is 0.400. The van der Waals surface area contributed by atoms with E-state index in [4.69, 9.17) is 4.84 Å². The normalized spacial score (nSPS) is 23.3. The maximum atomic E-state index is 13.3. The molecule has 1 amide bonds. The zero-order chi connectivity index (χ0) is 22.7. The van der Waals surface area contributed by atoms with Gasteiger partial charge in [-0.2, -0.15) is 5.06 Å². The number of rotatable bonds is 8. The average molecular weight is 438 g/mol. The van der Waals surface area contributed by atoms with E-state index in [1.54, 1.807) is 12.0 Å². The number of aliphatic hydroxyl groups is 2. The number of nitrogens with zero attached hydrogens (tertiary/aromatic N) is 1. The minimum atomic E-state index is -0.818. The van der Waals surface area contributed by atoms with Gasteiger partial charge in [-0.25, -0.2) is 0 Å². The third-order valence-electron chi connectivity index (χ3n) is 6.33. The first-order valence-electron chi connectivity index (χ1n) is 11.1. The highest BCUT2D eigenvalue weighted by Crippen LogP contribution is 2.36. The predicted molar refractivity (Wildman–Crippen MR) is 123 cm³/mol. The van der Waals surface area contributed by atoms with Gasteiger partial charge in [0.25, 0.3) is 0 Å². The molecule has 170 valence electrons. The maximum absolute atomic E-state index is 13.3. The number of hydrogen-bond donors (Lipinski definition) is 4. The molecule has 5 atom stereocenters. The number of benzene rings is 2. The van der Waals surface area contributed by atoms with Crippen molar-refractivity contribution in [2.24, 2.45) is 5.92 Å². The minimum absolute atomic E-state index is 0.213. The molecule has 0 saturated carbocycles. The second-order valence-electron chi connectivity index (χ2n) is 8.45. The van der Waals surface area contributed by atoms with Gasteiger partial charge in [-0.1, -0.05) is 48.5 Å². The first kappa shape index (κ1) is 22.5. The smallest absolute Gasteiger partial charge is 0.240 e. The Morgan fingerprint density at radius 2 is 1.88 bits per heavy atom. The summed E-state index contributed by atoms with van der Waals surface area (Å²) in [5.41, 5.74) is 3.20. The topological polar surface area (TPSA) is 97.8 Å². The van der Waals surface area contributed by atoms with Gasteiger partial charge in [0.1, 0.15) is 12.1 Å². The summed E-state index contributed by atoms with van der Waals surface area (Å²) in [6, 6.07) is 16.9. The number of fused-ring (bicyclic) bond motifs is 1. The number of nitrogens with one attached hydrogen (secondary N) is 2. The van der Waals surface area contributed by atoms with Crippen molar-refractivity contribution < 1.29 is 19.8 Å². The van der Waals surface area contributed by atoms with E-state index >= 15 is 0 Å². The van der Waals surface area contributed by atoms with Crippen molar-refractivity contribution in [2.75, 3.05) is 13.2 Å². The van der Waals surface area contributed by atoms with Crippen molar-refractivity contribution in [3.05, 3.63) is 71.9 Å². The van der Waals surface area contributed by atoms with Gasteiger partial charge < -0.3 is 20.5 Å². The van der Waals surface area contributed by atoms with Crippen LogP contribution in [-0.4, -0.2) is 57.6 Å². The molecule has 1 saturated heterocycles. The van der Waals surface area contributed by atoms with Gasteiger partial charge in [-0.05, 0) is 37.5 Å². The molecule has 0 spiro atoms. The van der Waals surface area contributed by atoms with Gasteiger partial charge in [-0.3, -0.25) is 9.63 Å². The number of carbonyl (C=O) groups excluding carboxylic acids is 1. The van der Waals surface area contributed by atoms with Crippen molar-refractivity contribution in [2.45, 2.75) is 44.6 Å². The molecular weight excluding hydrogens is 406 g/mol. The third kappa shape index (κ3) is 4.42. The predicted octanol–water partition coefficient (Wildman–Crippen LogP) is 2.56. The van der Waals surface area contributed by atoms with Crippen molar-refractivity contribution in [3.63, 3.8) is 0 Å². The highest BCUT2D eigenvalue weighted by atomic mass is 16.7. The van der Waals surface area contributed by atoms with Gasteiger partial charge in [0.2, 0.25) is 5.91 Å². The van der Waals surface area contributed by atoms with Crippen LogP contribution < -0.4 is 5.32 Å². The fourth-order valence-corrected chi connectivity index (χ4v) is 4.59. The molecule has 0 aliphatic carbocycles. The summed E-state index contributed by atoms with van der Waals surface area (Å²) in [7, 11) is 0. The van der Waals surface area contributed by atoms with Crippen molar-refractivity contribution in [1.29, 1.82) is 0 Å². The van der Waals surface area contributed by atoms with Crippen LogP contribution in [0.5, 0.6) is 0 Å². The van der Waals surface area contributed by atoms with Crippen LogP contribution in [0.1, 0.15) is 31.0 Å². The quantitative estimate of drug-likeness (QED) is 0.434. The molecule has 2 aromatic carbocycles. The molecule has 1 aliphatic heterocycles. The van der Waals surface area contributed by atoms with E-state index < -0.39 is 24.2 Å². The summed E-state index contributed by atoms with van der Waals surface area (Å²) in [6.45, 7) is 3.78.